The summed E-state index contributed by atoms with van der Waals surface area (Å²) in [5.74, 6) is -0.351. The Morgan fingerprint density at radius 1 is 1.05 bits per heavy atom. The Morgan fingerprint density at radius 3 is 2.37 bits per heavy atom. The highest BCUT2D eigenvalue weighted by atomic mass is 35.5. The quantitative estimate of drug-likeness (QED) is 0.826. The average molecular weight is 288 g/mol. The molecule has 0 atom stereocenters. The molecule has 0 fully saturated rings. The van der Waals surface area contributed by atoms with Crippen molar-refractivity contribution in [3.8, 4) is 16.9 Å². The van der Waals surface area contributed by atoms with Crippen molar-refractivity contribution < 1.29 is 17.9 Å². The molecule has 0 aliphatic rings. The molecule has 0 amide bonds. The lowest BCUT2D eigenvalue weighted by Gasteiger charge is -2.11. The van der Waals surface area contributed by atoms with E-state index in [1.165, 1.54) is 12.1 Å². The van der Waals surface area contributed by atoms with E-state index in [4.69, 9.17) is 17.3 Å². The van der Waals surface area contributed by atoms with Gasteiger partial charge in [0.25, 0.3) is 0 Å². The van der Waals surface area contributed by atoms with Gasteiger partial charge in [-0.05, 0) is 29.8 Å². The minimum absolute atomic E-state index is 0.184. The van der Waals surface area contributed by atoms with Crippen LogP contribution in [0.25, 0.3) is 11.1 Å². The third-order valence-corrected chi connectivity index (χ3v) is 2.63. The first-order valence-electron chi connectivity index (χ1n) is 5.26. The Bertz CT molecular complexity index is 599. The van der Waals surface area contributed by atoms with Gasteiger partial charge in [0.2, 0.25) is 0 Å². The van der Waals surface area contributed by atoms with E-state index in [1.807, 2.05) is 0 Å². The Labute approximate surface area is 112 Å². The summed E-state index contributed by atoms with van der Waals surface area (Å²) in [6.45, 7) is 0. The van der Waals surface area contributed by atoms with Crippen molar-refractivity contribution in [2.45, 2.75) is 6.36 Å². The maximum atomic E-state index is 12.1. The monoisotopic (exact) mass is 287 g/mol. The Hall–Kier alpha value is -1.88. The van der Waals surface area contributed by atoms with Crippen molar-refractivity contribution in [3.63, 3.8) is 0 Å². The first-order chi connectivity index (χ1) is 8.85. The predicted octanol–water partition coefficient (Wildman–Crippen LogP) is 4.49. The smallest absolute Gasteiger partial charge is 0.406 e. The first-order valence-corrected chi connectivity index (χ1v) is 5.64. The molecule has 0 heterocycles. The summed E-state index contributed by atoms with van der Waals surface area (Å²) in [6, 6.07) is 10.7. The molecule has 0 radical (unpaired) electrons. The van der Waals surface area contributed by atoms with Gasteiger partial charge in [-0.3, -0.25) is 0 Å². The molecule has 0 spiro atoms. The Kier molecular flexibility index (Phi) is 3.57. The largest absolute Gasteiger partial charge is 0.573 e. The molecule has 2 nitrogen and oxygen atoms in total. The molecule has 2 rings (SSSR count). The summed E-state index contributed by atoms with van der Waals surface area (Å²) >= 11 is 5.85. The van der Waals surface area contributed by atoms with Crippen LogP contribution in [0, 0.1) is 0 Å². The van der Waals surface area contributed by atoms with Gasteiger partial charge in [0.15, 0.2) is 0 Å². The topological polar surface area (TPSA) is 35.2 Å². The average Bonchev–Trinajstić information content (AvgIpc) is 2.26. The van der Waals surface area contributed by atoms with Crippen LogP contribution in [-0.2, 0) is 0 Å². The lowest BCUT2D eigenvalue weighted by molar-refractivity contribution is -0.274. The van der Waals surface area contributed by atoms with E-state index in [0.29, 0.717) is 10.6 Å². The van der Waals surface area contributed by atoms with Crippen molar-refractivity contribution in [1.29, 1.82) is 0 Å². The third-order valence-electron chi connectivity index (χ3n) is 2.39. The molecule has 6 heteroatoms. The van der Waals surface area contributed by atoms with Crippen molar-refractivity contribution in [3.05, 3.63) is 47.5 Å². The highest BCUT2D eigenvalue weighted by Gasteiger charge is 2.31. The molecule has 100 valence electrons. The number of anilines is 1. The molecular formula is C13H9ClF3NO. The summed E-state index contributed by atoms with van der Waals surface area (Å²) in [5, 5.41) is 0.521. The summed E-state index contributed by atoms with van der Waals surface area (Å²) in [5.41, 5.74) is 7.24. The fraction of sp³-hybridized carbons (Fsp3) is 0.0769. The summed E-state index contributed by atoms with van der Waals surface area (Å²) < 4.78 is 40.0. The van der Waals surface area contributed by atoms with Crippen LogP contribution in [0.5, 0.6) is 5.75 Å². The normalized spacial score (nSPS) is 11.4. The van der Waals surface area contributed by atoms with Crippen molar-refractivity contribution in [2.24, 2.45) is 0 Å². The number of nitrogen functional groups attached to an aromatic ring is 1. The number of ether oxygens (including phenoxy) is 1. The van der Waals surface area contributed by atoms with Gasteiger partial charge in [-0.1, -0.05) is 23.7 Å². The van der Waals surface area contributed by atoms with E-state index >= 15 is 0 Å². The van der Waals surface area contributed by atoms with Gasteiger partial charge in [0.05, 0.1) is 0 Å². The Morgan fingerprint density at radius 2 is 1.79 bits per heavy atom. The number of halogens is 4. The van der Waals surface area contributed by atoms with Crippen LogP contribution in [0.2, 0.25) is 5.02 Å². The molecule has 0 aliphatic carbocycles. The van der Waals surface area contributed by atoms with E-state index in [1.54, 1.807) is 24.3 Å². The van der Waals surface area contributed by atoms with Gasteiger partial charge in [-0.25, -0.2) is 0 Å². The highest BCUT2D eigenvalue weighted by Crippen LogP contribution is 2.32. The predicted molar refractivity (Wildman–Crippen MR) is 68.0 cm³/mol. The molecule has 19 heavy (non-hydrogen) atoms. The molecule has 2 aromatic rings. The zero-order valence-electron chi connectivity index (χ0n) is 9.54. The van der Waals surface area contributed by atoms with E-state index in [0.717, 1.165) is 11.6 Å². The second-order valence-electron chi connectivity index (χ2n) is 3.81. The van der Waals surface area contributed by atoms with E-state index in [2.05, 4.69) is 4.74 Å². The number of nitrogens with two attached hydrogens (primary N) is 1. The van der Waals surface area contributed by atoms with Crippen LogP contribution in [0.4, 0.5) is 18.9 Å². The molecule has 0 unspecified atom stereocenters. The van der Waals surface area contributed by atoms with Crippen LogP contribution in [-0.4, -0.2) is 6.36 Å². The molecule has 0 aliphatic heterocycles. The van der Waals surface area contributed by atoms with Gasteiger partial charge < -0.3 is 10.5 Å². The fourth-order valence-electron chi connectivity index (χ4n) is 1.66. The van der Waals surface area contributed by atoms with Crippen molar-refractivity contribution >= 4 is 17.3 Å². The molecule has 0 saturated carbocycles. The zero-order chi connectivity index (χ0) is 14.0. The maximum Gasteiger partial charge on any atom is 0.573 e. The standard InChI is InChI=1S/C13H9ClF3NO/c14-9-3-1-2-8(6-9)11-5-4-10(7-12(11)18)19-13(15,16)17/h1-7H,18H2. The number of alkyl halides is 3. The highest BCUT2D eigenvalue weighted by molar-refractivity contribution is 6.30. The zero-order valence-corrected chi connectivity index (χ0v) is 10.3. The number of benzene rings is 2. The molecule has 2 N–H and O–H groups in total. The number of hydrogen-bond donors (Lipinski definition) is 1. The summed E-state index contributed by atoms with van der Waals surface area (Å²) in [6.07, 6.45) is -4.73. The van der Waals surface area contributed by atoms with E-state index in [-0.39, 0.29) is 11.4 Å². The van der Waals surface area contributed by atoms with Gasteiger partial charge in [0.1, 0.15) is 5.75 Å². The third kappa shape index (κ3) is 3.54. The van der Waals surface area contributed by atoms with Crippen LogP contribution in [0.1, 0.15) is 0 Å². The molecular weight excluding hydrogens is 279 g/mol. The summed E-state index contributed by atoms with van der Waals surface area (Å²) in [4.78, 5) is 0. The molecule has 0 bridgehead atoms. The van der Waals surface area contributed by atoms with Gasteiger partial charge in [-0.2, -0.15) is 0 Å². The molecule has 0 saturated heterocycles. The van der Waals surface area contributed by atoms with Gasteiger partial charge >= 0.3 is 6.36 Å². The molecule has 0 aromatic heterocycles. The first kappa shape index (κ1) is 13.5. The lowest BCUT2D eigenvalue weighted by Crippen LogP contribution is -2.17. The molecule has 2 aromatic carbocycles. The van der Waals surface area contributed by atoms with Crippen LogP contribution >= 0.6 is 11.6 Å². The van der Waals surface area contributed by atoms with Crippen molar-refractivity contribution in [1.82, 2.24) is 0 Å². The van der Waals surface area contributed by atoms with Crippen LogP contribution in [0.3, 0.4) is 0 Å². The Balaban J connectivity index is 2.34. The van der Waals surface area contributed by atoms with Gasteiger partial charge in [0, 0.05) is 22.3 Å². The van der Waals surface area contributed by atoms with Crippen molar-refractivity contribution in [2.75, 3.05) is 5.73 Å². The van der Waals surface area contributed by atoms with E-state index < -0.39 is 6.36 Å². The van der Waals surface area contributed by atoms with Crippen LogP contribution < -0.4 is 10.5 Å². The second kappa shape index (κ2) is 5.01. The SMILES string of the molecule is Nc1cc(OC(F)(F)F)ccc1-c1cccc(Cl)c1. The number of hydrogen-bond acceptors (Lipinski definition) is 2. The maximum absolute atomic E-state index is 12.1. The van der Waals surface area contributed by atoms with E-state index in [9.17, 15) is 13.2 Å². The summed E-state index contributed by atoms with van der Waals surface area (Å²) in [7, 11) is 0. The second-order valence-corrected chi connectivity index (χ2v) is 4.24. The van der Waals surface area contributed by atoms with Gasteiger partial charge in [-0.15, -0.1) is 13.2 Å². The minimum Gasteiger partial charge on any atom is -0.406 e. The lowest BCUT2D eigenvalue weighted by atomic mass is 10.0. The minimum atomic E-state index is -4.73. The van der Waals surface area contributed by atoms with Crippen LogP contribution in [0.15, 0.2) is 42.5 Å². The number of rotatable bonds is 2. The fourth-order valence-corrected chi connectivity index (χ4v) is 1.85.